The van der Waals surface area contributed by atoms with Gasteiger partial charge in [-0.3, -0.25) is 4.90 Å². The highest BCUT2D eigenvalue weighted by Crippen LogP contribution is 2.19. The average Bonchev–Trinajstić information content (AvgIpc) is 2.67. The fraction of sp³-hybridized carbons (Fsp3) is 0.450. The standard InChI is InChI=1S/C20H28N4O/c1-2-21-20(22-10-11-24-12-14-25-15-13-24)23-16-18-8-5-7-17-6-3-4-9-19(17)18/h3-9H,2,10-16H2,1H3,(H2,21,22,23). The van der Waals surface area contributed by atoms with Crippen LogP contribution in [0, 0.1) is 0 Å². The number of hydrogen-bond acceptors (Lipinski definition) is 3. The molecule has 0 bridgehead atoms. The molecule has 0 amide bonds. The van der Waals surface area contributed by atoms with Crippen molar-refractivity contribution in [2.45, 2.75) is 13.5 Å². The zero-order chi connectivity index (χ0) is 17.3. The molecule has 0 atom stereocenters. The summed E-state index contributed by atoms with van der Waals surface area (Å²) in [6, 6.07) is 14.9. The van der Waals surface area contributed by atoms with E-state index in [-0.39, 0.29) is 0 Å². The Labute approximate surface area is 150 Å². The minimum atomic E-state index is 0.675. The molecule has 134 valence electrons. The lowest BCUT2D eigenvalue weighted by Crippen LogP contribution is -2.44. The Morgan fingerprint density at radius 2 is 1.88 bits per heavy atom. The van der Waals surface area contributed by atoms with Crippen LogP contribution in [0.3, 0.4) is 0 Å². The van der Waals surface area contributed by atoms with Gasteiger partial charge in [0.25, 0.3) is 0 Å². The molecule has 25 heavy (non-hydrogen) atoms. The van der Waals surface area contributed by atoms with E-state index in [4.69, 9.17) is 9.73 Å². The third kappa shape index (κ3) is 5.18. The second-order valence-electron chi connectivity index (χ2n) is 6.21. The maximum atomic E-state index is 5.39. The minimum absolute atomic E-state index is 0.675. The van der Waals surface area contributed by atoms with Crippen LogP contribution in [-0.2, 0) is 11.3 Å². The molecule has 3 rings (SSSR count). The summed E-state index contributed by atoms with van der Waals surface area (Å²) in [4.78, 5) is 7.19. The Balaban J connectivity index is 1.59. The van der Waals surface area contributed by atoms with Crippen molar-refractivity contribution in [2.75, 3.05) is 45.9 Å². The first kappa shape index (κ1) is 17.7. The predicted molar refractivity (Wildman–Crippen MR) is 104 cm³/mol. The van der Waals surface area contributed by atoms with Gasteiger partial charge in [0, 0.05) is 32.7 Å². The number of rotatable bonds is 6. The summed E-state index contributed by atoms with van der Waals surface area (Å²) in [7, 11) is 0. The van der Waals surface area contributed by atoms with Gasteiger partial charge in [-0.2, -0.15) is 0 Å². The van der Waals surface area contributed by atoms with Gasteiger partial charge in [-0.15, -0.1) is 0 Å². The molecule has 1 fully saturated rings. The Bertz CT molecular complexity index is 690. The van der Waals surface area contributed by atoms with E-state index in [2.05, 4.69) is 64.9 Å². The molecular weight excluding hydrogens is 312 g/mol. The van der Waals surface area contributed by atoms with Crippen LogP contribution in [0.2, 0.25) is 0 Å². The summed E-state index contributed by atoms with van der Waals surface area (Å²) in [6.07, 6.45) is 0. The lowest BCUT2D eigenvalue weighted by atomic mass is 10.1. The van der Waals surface area contributed by atoms with E-state index >= 15 is 0 Å². The number of hydrogen-bond donors (Lipinski definition) is 2. The van der Waals surface area contributed by atoms with Crippen molar-refractivity contribution in [1.82, 2.24) is 15.5 Å². The van der Waals surface area contributed by atoms with Gasteiger partial charge in [-0.05, 0) is 23.3 Å². The number of benzene rings is 2. The van der Waals surface area contributed by atoms with Crippen molar-refractivity contribution in [2.24, 2.45) is 4.99 Å². The van der Waals surface area contributed by atoms with Gasteiger partial charge in [-0.25, -0.2) is 4.99 Å². The van der Waals surface area contributed by atoms with Crippen LogP contribution < -0.4 is 10.6 Å². The molecule has 0 aliphatic carbocycles. The maximum absolute atomic E-state index is 5.39. The zero-order valence-electron chi connectivity index (χ0n) is 15.0. The van der Waals surface area contributed by atoms with E-state index in [1.54, 1.807) is 0 Å². The van der Waals surface area contributed by atoms with Crippen LogP contribution in [0.25, 0.3) is 10.8 Å². The lowest BCUT2D eigenvalue weighted by Gasteiger charge is -2.26. The molecule has 0 saturated carbocycles. The Kier molecular flexibility index (Phi) is 6.65. The first-order chi connectivity index (χ1) is 12.4. The fourth-order valence-electron chi connectivity index (χ4n) is 3.09. The summed E-state index contributed by atoms with van der Waals surface area (Å²) in [5, 5.41) is 9.32. The second-order valence-corrected chi connectivity index (χ2v) is 6.21. The van der Waals surface area contributed by atoms with Gasteiger partial charge in [-0.1, -0.05) is 42.5 Å². The zero-order valence-corrected chi connectivity index (χ0v) is 15.0. The Morgan fingerprint density at radius 3 is 2.72 bits per heavy atom. The van der Waals surface area contributed by atoms with Crippen LogP contribution in [-0.4, -0.2) is 56.8 Å². The van der Waals surface area contributed by atoms with Crippen molar-refractivity contribution in [3.63, 3.8) is 0 Å². The monoisotopic (exact) mass is 340 g/mol. The summed E-state index contributed by atoms with van der Waals surface area (Å²) >= 11 is 0. The van der Waals surface area contributed by atoms with Gasteiger partial charge in [0.1, 0.15) is 0 Å². The maximum Gasteiger partial charge on any atom is 0.191 e. The average molecular weight is 340 g/mol. The first-order valence-corrected chi connectivity index (χ1v) is 9.16. The van der Waals surface area contributed by atoms with Gasteiger partial charge >= 0.3 is 0 Å². The molecule has 1 heterocycles. The number of guanidine groups is 1. The highest BCUT2D eigenvalue weighted by molar-refractivity contribution is 5.86. The topological polar surface area (TPSA) is 48.9 Å². The number of aliphatic imine (C=N–C) groups is 1. The molecule has 0 spiro atoms. The quantitative estimate of drug-likeness (QED) is 0.625. The molecule has 2 aromatic carbocycles. The van der Waals surface area contributed by atoms with E-state index in [1.807, 2.05) is 0 Å². The summed E-state index contributed by atoms with van der Waals surface area (Å²) in [5.41, 5.74) is 1.25. The summed E-state index contributed by atoms with van der Waals surface area (Å²) in [5.74, 6) is 0.878. The molecular formula is C20H28N4O. The molecule has 2 N–H and O–H groups in total. The molecule has 0 aromatic heterocycles. The van der Waals surface area contributed by atoms with Gasteiger partial charge in [0.2, 0.25) is 0 Å². The van der Waals surface area contributed by atoms with Gasteiger partial charge in [0.15, 0.2) is 5.96 Å². The minimum Gasteiger partial charge on any atom is -0.379 e. The van der Waals surface area contributed by atoms with Crippen molar-refractivity contribution < 1.29 is 4.74 Å². The molecule has 5 heteroatoms. The highest BCUT2D eigenvalue weighted by atomic mass is 16.5. The first-order valence-electron chi connectivity index (χ1n) is 9.16. The third-order valence-corrected chi connectivity index (χ3v) is 4.46. The van der Waals surface area contributed by atoms with E-state index in [0.717, 1.165) is 51.9 Å². The number of morpholine rings is 1. The Morgan fingerprint density at radius 1 is 1.08 bits per heavy atom. The Hall–Kier alpha value is -2.11. The van der Waals surface area contributed by atoms with E-state index < -0.39 is 0 Å². The second kappa shape index (κ2) is 9.39. The molecule has 1 aliphatic rings. The van der Waals surface area contributed by atoms with Crippen LogP contribution >= 0.6 is 0 Å². The fourth-order valence-corrected chi connectivity index (χ4v) is 3.09. The predicted octanol–water partition coefficient (Wildman–Crippen LogP) is 2.23. The molecule has 1 saturated heterocycles. The van der Waals surface area contributed by atoms with Crippen molar-refractivity contribution in [3.8, 4) is 0 Å². The normalized spacial score (nSPS) is 16.1. The van der Waals surface area contributed by atoms with Crippen LogP contribution in [0.5, 0.6) is 0 Å². The van der Waals surface area contributed by atoms with Crippen molar-refractivity contribution in [1.29, 1.82) is 0 Å². The number of nitrogens with one attached hydrogen (secondary N) is 2. The summed E-state index contributed by atoms with van der Waals surface area (Å²) in [6.45, 7) is 9.26. The molecule has 0 radical (unpaired) electrons. The van der Waals surface area contributed by atoms with E-state index in [0.29, 0.717) is 6.54 Å². The number of nitrogens with zero attached hydrogens (tertiary/aromatic N) is 2. The molecule has 0 unspecified atom stereocenters. The number of ether oxygens (including phenoxy) is 1. The molecule has 2 aromatic rings. The van der Waals surface area contributed by atoms with E-state index in [1.165, 1.54) is 16.3 Å². The lowest BCUT2D eigenvalue weighted by molar-refractivity contribution is 0.0389. The highest BCUT2D eigenvalue weighted by Gasteiger charge is 2.09. The van der Waals surface area contributed by atoms with Crippen LogP contribution in [0.4, 0.5) is 0 Å². The molecule has 5 nitrogen and oxygen atoms in total. The van der Waals surface area contributed by atoms with Gasteiger partial charge < -0.3 is 15.4 Å². The van der Waals surface area contributed by atoms with E-state index in [9.17, 15) is 0 Å². The van der Waals surface area contributed by atoms with Crippen molar-refractivity contribution in [3.05, 3.63) is 48.0 Å². The van der Waals surface area contributed by atoms with Crippen LogP contribution in [0.1, 0.15) is 12.5 Å². The largest absolute Gasteiger partial charge is 0.379 e. The van der Waals surface area contributed by atoms with Crippen molar-refractivity contribution >= 4 is 16.7 Å². The van der Waals surface area contributed by atoms with Gasteiger partial charge in [0.05, 0.1) is 19.8 Å². The summed E-state index contributed by atoms with van der Waals surface area (Å²) < 4.78 is 5.39. The number of fused-ring (bicyclic) bond motifs is 1. The van der Waals surface area contributed by atoms with Crippen LogP contribution in [0.15, 0.2) is 47.5 Å². The SMILES string of the molecule is CCNC(=NCc1cccc2ccccc12)NCCN1CCOCC1. The smallest absolute Gasteiger partial charge is 0.191 e. The molecule has 1 aliphatic heterocycles. The third-order valence-electron chi connectivity index (χ3n) is 4.46.